The fourth-order valence-corrected chi connectivity index (χ4v) is 23.7. The van der Waals surface area contributed by atoms with Crippen molar-refractivity contribution in [3.63, 3.8) is 0 Å². The molecule has 0 spiro atoms. The monoisotopic (exact) mass is 1880 g/mol. The van der Waals surface area contributed by atoms with Gasteiger partial charge in [-0.3, -0.25) is 0 Å². The summed E-state index contributed by atoms with van der Waals surface area (Å²) in [6.07, 6.45) is 0. The van der Waals surface area contributed by atoms with Crippen molar-refractivity contribution in [2.45, 2.75) is 50.9 Å². The maximum Gasteiger partial charge on any atom is 0.0714 e. The highest BCUT2D eigenvalue weighted by Crippen LogP contribution is 2.61. The van der Waals surface area contributed by atoms with Gasteiger partial charge in [0.15, 0.2) is 0 Å². The van der Waals surface area contributed by atoms with Crippen molar-refractivity contribution in [2.24, 2.45) is 0 Å². The first-order chi connectivity index (χ1) is 69.6. The fourth-order valence-electron chi connectivity index (χ4n) is 23.0. The molecule has 3 aliphatic rings. The van der Waals surface area contributed by atoms with Crippen LogP contribution in [0.5, 0.6) is 0 Å². The van der Waals surface area contributed by atoms with Crippen LogP contribution in [0.4, 0.5) is 51.2 Å². The van der Waals surface area contributed by atoms with Gasteiger partial charge in [0.25, 0.3) is 0 Å². The number of nitrogens with zero attached hydrogens (tertiary/aromatic N) is 3. The van der Waals surface area contributed by atoms with Crippen LogP contribution in [0.3, 0.4) is 0 Å². The number of anilines is 9. The average Bonchev–Trinajstić information content (AvgIpc) is 1.52. The molecule has 0 bridgehead atoms. The van der Waals surface area contributed by atoms with Crippen LogP contribution in [0.25, 0.3) is 132 Å². The van der Waals surface area contributed by atoms with Crippen LogP contribution in [0.2, 0.25) is 15.1 Å². The molecule has 6 heteroatoms. The van der Waals surface area contributed by atoms with Crippen LogP contribution in [-0.4, -0.2) is 0 Å². The number of hydrogen-bond acceptors (Lipinski definition) is 3. The van der Waals surface area contributed by atoms with E-state index in [2.05, 4.69) is 553 Å². The molecule has 142 heavy (non-hydrogen) atoms. The largest absolute Gasteiger partial charge is 0.310 e. The van der Waals surface area contributed by atoms with E-state index in [1.165, 1.54) is 160 Å². The number of halogens is 3. The quantitative estimate of drug-likeness (QED) is 0.0947. The lowest BCUT2D eigenvalue weighted by Gasteiger charge is -2.34. The molecular weight excluding hydrogens is 1780 g/mol. The number of para-hydroxylation sites is 4. The van der Waals surface area contributed by atoms with Crippen molar-refractivity contribution in [3.8, 4) is 77.9 Å². The summed E-state index contributed by atoms with van der Waals surface area (Å²) >= 11 is 21.1. The van der Waals surface area contributed by atoms with E-state index in [4.69, 9.17) is 34.8 Å². The van der Waals surface area contributed by atoms with Gasteiger partial charge in [0, 0.05) is 76.8 Å². The minimum atomic E-state index is -0.513. The van der Waals surface area contributed by atoms with E-state index in [-0.39, 0.29) is 10.8 Å². The van der Waals surface area contributed by atoms with E-state index in [0.29, 0.717) is 15.1 Å². The summed E-state index contributed by atoms with van der Waals surface area (Å²) in [5.74, 6) is 0. The molecule has 0 radical (unpaired) electrons. The molecule has 26 rings (SSSR count). The number of fused-ring (bicyclic) bond motifs is 18. The highest BCUT2D eigenvalue weighted by Gasteiger charge is 2.48. The van der Waals surface area contributed by atoms with Gasteiger partial charge in [0.2, 0.25) is 0 Å². The summed E-state index contributed by atoms with van der Waals surface area (Å²) in [5.41, 5.74) is 37.7. The summed E-state index contributed by atoms with van der Waals surface area (Å²) in [5, 5.41) is 14.5. The van der Waals surface area contributed by atoms with Crippen LogP contribution >= 0.6 is 34.8 Å². The highest BCUT2D eigenvalue weighted by molar-refractivity contribution is 6.32. The Morgan fingerprint density at radius 3 is 1.06 bits per heavy atom. The Morgan fingerprint density at radius 2 is 0.542 bits per heavy atom. The van der Waals surface area contributed by atoms with Crippen molar-refractivity contribution in [1.82, 2.24) is 0 Å². The maximum atomic E-state index is 7.10. The molecule has 0 aromatic heterocycles. The van der Waals surface area contributed by atoms with E-state index >= 15 is 0 Å². The Kier molecular flexibility index (Phi) is 22.7. The third-order valence-electron chi connectivity index (χ3n) is 29.5. The zero-order chi connectivity index (χ0) is 95.9. The second kappa shape index (κ2) is 36.4. The van der Waals surface area contributed by atoms with Crippen LogP contribution < -0.4 is 14.7 Å². The SMILES string of the molecule is CC1(C)c2ccccc2-c2c1cc(-c1cc(Cl)cc(N(c3ccccc3)c3cc4ccccc4c4ccccc34)c1)c1ccccc21.CC1(C)c2ccccc2-c2c1cc(-c1cc(Cl)cc(N(c3ccccc3)c3ccc(-c4ccccc4)cc3)c1)c1ccccc21.Cc1ccc(C2(c3ccccc3)c3cc(-c4cc(Cl)cc(N(c5ccccc5)c5ccccc5)c4)ccc3-c3c2ccc2ccccc32)cc1. The fraction of sp³-hybridized carbons (Fsp3) is 0.0588. The van der Waals surface area contributed by atoms with Gasteiger partial charge in [0.1, 0.15) is 0 Å². The second-order valence-corrected chi connectivity index (χ2v) is 39.9. The van der Waals surface area contributed by atoms with E-state index < -0.39 is 5.41 Å². The standard InChI is InChI=1S/C48H34ClN.C45H32ClN.C43H32ClN/c1-33-21-25-38(26-22-33)48(37-14-5-2-6-15-37)45-28-24-34-13-11-12-20-43(34)47(45)44-27-23-35(31-46(44)48)36-29-39(49)32-42(30-36)50(40-16-7-3-8-17-40)41-18-9-4-10-19-41;1-45(2)41-23-13-12-22-39(41)44-38-21-11-9-19-36(38)40(28-42(44)45)30-24-31(46)27-33(25-30)47(32-15-4-3-5-16-32)43-26-29-14-6-7-17-34(29)35-18-8-10-20-37(35)43;1-43(2)40-20-12-11-19-38(40)42-37-18-10-9-17-36(37)39(28-41(42)43)31-25-32(44)27-35(26-31)45(33-15-7-4-8-16-33)34-23-21-30(22-24-34)29-13-5-3-6-14-29/h2-32H,1H3;3-28H,1-2H3;3-28H,1-2H3. The molecule has 0 saturated carbocycles. The van der Waals surface area contributed by atoms with Crippen molar-refractivity contribution < 1.29 is 0 Å². The topological polar surface area (TPSA) is 9.72 Å². The molecular formula is C136H98Cl3N3. The average molecular weight is 1880 g/mol. The van der Waals surface area contributed by atoms with Crippen molar-refractivity contribution >= 4 is 140 Å². The van der Waals surface area contributed by atoms with E-state index in [1.807, 2.05) is 0 Å². The molecule has 23 aromatic rings. The van der Waals surface area contributed by atoms with Crippen LogP contribution in [0, 0.1) is 6.92 Å². The Hall–Kier alpha value is -16.4. The molecule has 0 saturated heterocycles. The highest BCUT2D eigenvalue weighted by atomic mass is 35.5. The molecule has 0 heterocycles. The van der Waals surface area contributed by atoms with Gasteiger partial charge in [-0.05, 0) is 317 Å². The van der Waals surface area contributed by atoms with Gasteiger partial charge >= 0.3 is 0 Å². The first-order valence-corrected chi connectivity index (χ1v) is 49.9. The van der Waals surface area contributed by atoms with Gasteiger partial charge < -0.3 is 14.7 Å². The third-order valence-corrected chi connectivity index (χ3v) is 30.2. The summed E-state index contributed by atoms with van der Waals surface area (Å²) in [6, 6.07) is 181. The lowest BCUT2D eigenvalue weighted by molar-refractivity contribution is 0.661. The van der Waals surface area contributed by atoms with E-state index in [0.717, 1.165) is 73.4 Å². The molecule has 23 aromatic carbocycles. The minimum Gasteiger partial charge on any atom is -0.310 e. The third kappa shape index (κ3) is 15.5. The zero-order valence-electron chi connectivity index (χ0n) is 79.4. The first kappa shape index (κ1) is 88.3. The molecule has 0 N–H and O–H groups in total. The van der Waals surface area contributed by atoms with E-state index in [1.54, 1.807) is 0 Å². The normalized spacial score (nSPS) is 13.6. The van der Waals surface area contributed by atoms with Crippen LogP contribution in [-0.2, 0) is 16.2 Å². The molecule has 0 aliphatic heterocycles. The maximum absolute atomic E-state index is 7.10. The number of benzene rings is 23. The summed E-state index contributed by atoms with van der Waals surface area (Å²) < 4.78 is 0. The van der Waals surface area contributed by atoms with Gasteiger partial charge in [-0.2, -0.15) is 0 Å². The van der Waals surface area contributed by atoms with Crippen molar-refractivity contribution in [2.75, 3.05) is 14.7 Å². The first-order valence-electron chi connectivity index (χ1n) is 48.8. The molecule has 1 atom stereocenters. The Bertz CT molecular complexity index is 8770. The van der Waals surface area contributed by atoms with Gasteiger partial charge in [-0.15, -0.1) is 0 Å². The molecule has 678 valence electrons. The summed E-state index contributed by atoms with van der Waals surface area (Å²) in [6.45, 7) is 11.5. The Labute approximate surface area is 845 Å². The summed E-state index contributed by atoms with van der Waals surface area (Å²) in [7, 11) is 0. The minimum absolute atomic E-state index is 0.108. The smallest absolute Gasteiger partial charge is 0.0714 e. The predicted molar refractivity (Wildman–Crippen MR) is 605 cm³/mol. The second-order valence-electron chi connectivity index (χ2n) is 38.6. The molecule has 3 aliphatic carbocycles. The Morgan fingerprint density at radius 1 is 0.183 bits per heavy atom. The number of aryl methyl sites for hydroxylation is 1. The lowest BCUT2D eigenvalue weighted by atomic mass is 9.67. The summed E-state index contributed by atoms with van der Waals surface area (Å²) in [4.78, 5) is 6.92. The lowest BCUT2D eigenvalue weighted by Crippen LogP contribution is -2.28. The molecule has 3 nitrogen and oxygen atoms in total. The van der Waals surface area contributed by atoms with Crippen LogP contribution in [0.15, 0.2) is 504 Å². The predicted octanol–water partition coefficient (Wildman–Crippen LogP) is 39.1. The van der Waals surface area contributed by atoms with Gasteiger partial charge in [0.05, 0.1) is 11.1 Å². The molecule has 1 unspecified atom stereocenters. The number of hydrogen-bond donors (Lipinski definition) is 0. The van der Waals surface area contributed by atoms with E-state index in [9.17, 15) is 0 Å². The Balaban J connectivity index is 0.000000115. The van der Waals surface area contributed by atoms with Gasteiger partial charge in [-0.25, -0.2) is 0 Å². The van der Waals surface area contributed by atoms with Crippen molar-refractivity contribution in [3.05, 3.63) is 569 Å². The van der Waals surface area contributed by atoms with Crippen LogP contribution in [0.1, 0.15) is 77.8 Å². The zero-order valence-corrected chi connectivity index (χ0v) is 81.7. The number of rotatable bonds is 15. The molecule has 0 fully saturated rings. The van der Waals surface area contributed by atoms with Crippen molar-refractivity contribution in [1.29, 1.82) is 0 Å². The van der Waals surface area contributed by atoms with Gasteiger partial charge in [-0.1, -0.05) is 432 Å². The molecule has 0 amide bonds.